The molecule has 222 valence electrons. The van der Waals surface area contributed by atoms with E-state index in [1.165, 1.54) is 50.5 Å². The van der Waals surface area contributed by atoms with Crippen LogP contribution >= 0.6 is 0 Å². The van der Waals surface area contributed by atoms with Crippen molar-refractivity contribution < 1.29 is 15.0 Å². The maximum absolute atomic E-state index is 12.7. The van der Waals surface area contributed by atoms with E-state index < -0.39 is 18.0 Å². The van der Waals surface area contributed by atoms with E-state index in [0.29, 0.717) is 12.5 Å². The van der Waals surface area contributed by atoms with Gasteiger partial charge in [-0.1, -0.05) is 99.6 Å². The van der Waals surface area contributed by atoms with Gasteiger partial charge in [0, 0.05) is 5.41 Å². The molecule has 4 N–H and O–H groups in total. The molecule has 4 nitrogen and oxygen atoms in total. The summed E-state index contributed by atoms with van der Waals surface area (Å²) in [5, 5.41) is 21.3. The van der Waals surface area contributed by atoms with Gasteiger partial charge in [-0.15, -0.1) is 0 Å². The first-order valence-corrected chi connectivity index (χ1v) is 16.5. The number of benzene rings is 1. The van der Waals surface area contributed by atoms with Crippen LogP contribution in [0.2, 0.25) is 0 Å². The number of aliphatic hydroxyl groups excluding tert-OH is 1. The number of aliphatic hydroxyl groups is 1. The van der Waals surface area contributed by atoms with E-state index in [4.69, 9.17) is 5.73 Å². The summed E-state index contributed by atoms with van der Waals surface area (Å²) in [6.07, 6.45) is 26.8. The zero-order valence-corrected chi connectivity index (χ0v) is 24.9. The molecular formula is C36H55NO3. The highest BCUT2D eigenvalue weighted by molar-refractivity contribution is 5.71. The Hall–Kier alpha value is -1.91. The van der Waals surface area contributed by atoms with Gasteiger partial charge in [0.15, 0.2) is 0 Å². The fraction of sp³-hybridized carbons (Fsp3) is 0.694. The quantitative estimate of drug-likeness (QED) is 0.162. The molecule has 3 aliphatic rings. The maximum atomic E-state index is 12.7. The largest absolute Gasteiger partial charge is 0.481 e. The Morgan fingerprint density at radius 2 is 1.68 bits per heavy atom. The van der Waals surface area contributed by atoms with E-state index in [2.05, 4.69) is 54.6 Å². The first kappa shape index (κ1) is 31.0. The number of hydrogen-bond donors (Lipinski definition) is 3. The van der Waals surface area contributed by atoms with Crippen LogP contribution in [0, 0.1) is 35.5 Å². The van der Waals surface area contributed by atoms with Crippen LogP contribution in [-0.2, 0) is 10.2 Å². The molecule has 0 spiro atoms. The molecule has 2 saturated carbocycles. The molecule has 6 atom stereocenters. The van der Waals surface area contributed by atoms with Gasteiger partial charge in [-0.2, -0.15) is 0 Å². The number of carbonyl (C=O) groups is 1. The van der Waals surface area contributed by atoms with Crippen molar-refractivity contribution in [2.45, 2.75) is 115 Å². The standard InChI is InChI=1S/C36H55NO3/c1-27(38)33(35(39)40)34-31(23-26-37)29(18-10-4-2-3-7-15-28-16-8-5-9-17-28)21-22-32(34)36(24-13-14-25-36)30-19-11-6-12-20-30/h2-3,6,11-12,19-22,27-29,31-34,38H,4-5,7-10,13-18,23-26,37H2,1H3,(H,39,40)/t27-,29-,31+,32+,33-,34-/m0/s1. The lowest BCUT2D eigenvalue weighted by Gasteiger charge is -2.50. The highest BCUT2D eigenvalue weighted by Gasteiger charge is 2.53. The second kappa shape index (κ2) is 15.4. The fourth-order valence-corrected chi connectivity index (χ4v) is 8.83. The molecule has 40 heavy (non-hydrogen) atoms. The number of hydrogen-bond acceptors (Lipinski definition) is 3. The predicted molar refractivity (Wildman–Crippen MR) is 165 cm³/mol. The van der Waals surface area contributed by atoms with E-state index in [0.717, 1.165) is 57.3 Å². The number of carboxylic acid groups (broad SMARTS) is 1. The monoisotopic (exact) mass is 549 g/mol. The Labute approximate surface area is 243 Å². The number of unbranched alkanes of at least 4 members (excludes halogenated alkanes) is 1. The van der Waals surface area contributed by atoms with Crippen LogP contribution in [0.5, 0.6) is 0 Å². The molecule has 4 rings (SSSR count). The molecule has 0 amide bonds. The zero-order chi connectivity index (χ0) is 28.4. The lowest BCUT2D eigenvalue weighted by atomic mass is 9.53. The molecule has 0 aromatic heterocycles. The molecule has 0 aliphatic heterocycles. The maximum Gasteiger partial charge on any atom is 0.309 e. The Kier molecular flexibility index (Phi) is 11.9. The molecule has 1 aromatic rings. The van der Waals surface area contributed by atoms with Crippen LogP contribution in [0.25, 0.3) is 0 Å². The van der Waals surface area contributed by atoms with Crippen molar-refractivity contribution in [1.29, 1.82) is 0 Å². The molecule has 0 unspecified atom stereocenters. The summed E-state index contributed by atoms with van der Waals surface area (Å²) in [4.78, 5) is 12.7. The third-order valence-corrected chi connectivity index (χ3v) is 10.8. The summed E-state index contributed by atoms with van der Waals surface area (Å²) < 4.78 is 0. The third kappa shape index (κ3) is 7.48. The number of rotatable bonds is 14. The normalized spacial score (nSPS) is 28.6. The van der Waals surface area contributed by atoms with Gasteiger partial charge in [-0.25, -0.2) is 0 Å². The molecule has 0 radical (unpaired) electrons. The molecule has 2 fully saturated rings. The number of aliphatic carboxylic acids is 1. The molecule has 4 heteroatoms. The molecule has 0 saturated heterocycles. The van der Waals surface area contributed by atoms with E-state index in [1.807, 2.05) is 0 Å². The van der Waals surface area contributed by atoms with Crippen molar-refractivity contribution >= 4 is 5.97 Å². The van der Waals surface area contributed by atoms with Gasteiger partial charge in [0.1, 0.15) is 0 Å². The van der Waals surface area contributed by atoms with Gasteiger partial charge in [-0.3, -0.25) is 4.79 Å². The summed E-state index contributed by atoms with van der Waals surface area (Å²) in [5.74, 6) is -0.329. The summed E-state index contributed by atoms with van der Waals surface area (Å²) in [5.41, 5.74) is 7.45. The van der Waals surface area contributed by atoms with Gasteiger partial charge < -0.3 is 15.9 Å². The minimum atomic E-state index is -0.904. The minimum Gasteiger partial charge on any atom is -0.481 e. The fourth-order valence-electron chi connectivity index (χ4n) is 8.83. The second-order valence-electron chi connectivity index (χ2n) is 13.2. The van der Waals surface area contributed by atoms with Crippen LogP contribution in [0.1, 0.15) is 109 Å². The molecule has 0 heterocycles. The highest BCUT2D eigenvalue weighted by Crippen LogP contribution is 2.56. The average molecular weight is 550 g/mol. The first-order chi connectivity index (χ1) is 19.5. The molecular weight excluding hydrogens is 494 g/mol. The smallest absolute Gasteiger partial charge is 0.309 e. The SMILES string of the molecule is C[C@H](O)[C@H](C(=O)O)[C@H]1[C@H](CCN)[C@@H](CCCC=CCCC2CCCCC2)C=C[C@H]1C1(c2ccccc2)CCCC1. The number of carboxylic acids is 1. The van der Waals surface area contributed by atoms with Crippen LogP contribution in [0.3, 0.4) is 0 Å². The van der Waals surface area contributed by atoms with Crippen molar-refractivity contribution in [3.63, 3.8) is 0 Å². The number of nitrogens with two attached hydrogens (primary N) is 1. The van der Waals surface area contributed by atoms with Crippen LogP contribution in [-0.4, -0.2) is 28.8 Å². The third-order valence-electron chi connectivity index (χ3n) is 10.8. The van der Waals surface area contributed by atoms with E-state index in [1.54, 1.807) is 6.92 Å². The summed E-state index contributed by atoms with van der Waals surface area (Å²) in [6.45, 7) is 2.22. The Balaban J connectivity index is 1.51. The molecule has 0 bridgehead atoms. The van der Waals surface area contributed by atoms with Gasteiger partial charge in [0.2, 0.25) is 0 Å². The Morgan fingerprint density at radius 1 is 0.975 bits per heavy atom. The van der Waals surface area contributed by atoms with Crippen molar-refractivity contribution in [2.24, 2.45) is 41.2 Å². The second-order valence-corrected chi connectivity index (χ2v) is 13.2. The summed E-state index contributed by atoms with van der Waals surface area (Å²) >= 11 is 0. The Bertz CT molecular complexity index is 942. The molecule has 1 aromatic carbocycles. The van der Waals surface area contributed by atoms with E-state index in [9.17, 15) is 15.0 Å². The minimum absolute atomic E-state index is 0.0795. The van der Waals surface area contributed by atoms with Crippen LogP contribution in [0.15, 0.2) is 54.6 Å². The number of allylic oxidation sites excluding steroid dienone is 4. The van der Waals surface area contributed by atoms with Crippen molar-refractivity contribution in [3.05, 3.63) is 60.2 Å². The van der Waals surface area contributed by atoms with Crippen molar-refractivity contribution in [3.8, 4) is 0 Å². The van der Waals surface area contributed by atoms with Gasteiger partial charge >= 0.3 is 5.97 Å². The topological polar surface area (TPSA) is 83.5 Å². The van der Waals surface area contributed by atoms with Gasteiger partial charge in [0.25, 0.3) is 0 Å². The zero-order valence-electron chi connectivity index (χ0n) is 24.9. The summed E-state index contributed by atoms with van der Waals surface area (Å²) in [7, 11) is 0. The van der Waals surface area contributed by atoms with Gasteiger partial charge in [-0.05, 0) is 100.0 Å². The highest BCUT2D eigenvalue weighted by atomic mass is 16.4. The van der Waals surface area contributed by atoms with Crippen molar-refractivity contribution in [2.75, 3.05) is 6.54 Å². The van der Waals surface area contributed by atoms with E-state index >= 15 is 0 Å². The van der Waals surface area contributed by atoms with Gasteiger partial charge in [0.05, 0.1) is 12.0 Å². The lowest BCUT2D eigenvalue weighted by molar-refractivity contribution is -0.152. The average Bonchev–Trinajstić information content (AvgIpc) is 3.46. The van der Waals surface area contributed by atoms with Crippen molar-refractivity contribution in [1.82, 2.24) is 0 Å². The lowest BCUT2D eigenvalue weighted by Crippen LogP contribution is -2.50. The molecule has 3 aliphatic carbocycles. The van der Waals surface area contributed by atoms with Crippen LogP contribution in [0.4, 0.5) is 0 Å². The van der Waals surface area contributed by atoms with E-state index in [-0.39, 0.29) is 23.2 Å². The Morgan fingerprint density at radius 3 is 2.33 bits per heavy atom. The van der Waals surface area contributed by atoms with Crippen LogP contribution < -0.4 is 5.73 Å². The summed E-state index contributed by atoms with van der Waals surface area (Å²) in [6, 6.07) is 10.8. The first-order valence-electron chi connectivity index (χ1n) is 16.5. The predicted octanol–water partition coefficient (Wildman–Crippen LogP) is 8.05.